The third kappa shape index (κ3) is 5.33. The van der Waals surface area contributed by atoms with Crippen LogP contribution in [0.3, 0.4) is 0 Å². The molecule has 1 heterocycles. The first kappa shape index (κ1) is 20.4. The molecule has 28 heavy (non-hydrogen) atoms. The van der Waals surface area contributed by atoms with E-state index in [1.165, 1.54) is 17.3 Å². The van der Waals surface area contributed by atoms with Crippen molar-refractivity contribution in [1.82, 2.24) is 25.1 Å². The summed E-state index contributed by atoms with van der Waals surface area (Å²) in [6.07, 6.45) is 0.908. The Morgan fingerprint density at radius 1 is 1.14 bits per heavy atom. The molecule has 0 saturated heterocycles. The average molecular weight is 416 g/mol. The number of thioether (sulfide) groups is 1. The Hall–Kier alpha value is -2.38. The summed E-state index contributed by atoms with van der Waals surface area (Å²) in [6.45, 7) is 5.45. The van der Waals surface area contributed by atoms with Gasteiger partial charge in [0, 0.05) is 18.1 Å². The number of hydrogen-bond acceptors (Lipinski definition) is 5. The van der Waals surface area contributed by atoms with E-state index in [2.05, 4.69) is 53.6 Å². The quantitative estimate of drug-likeness (QED) is 0.517. The van der Waals surface area contributed by atoms with Crippen LogP contribution in [0.15, 0.2) is 53.7 Å². The molecular formula is C20H22ClN5OS. The van der Waals surface area contributed by atoms with Gasteiger partial charge < -0.3 is 4.90 Å². The normalized spacial score (nSPS) is 10.8. The zero-order valence-electron chi connectivity index (χ0n) is 15.9. The predicted octanol–water partition coefficient (Wildman–Crippen LogP) is 4.16. The molecular weight excluding hydrogens is 394 g/mol. The highest BCUT2D eigenvalue weighted by molar-refractivity contribution is 7.99. The first-order chi connectivity index (χ1) is 13.6. The van der Waals surface area contributed by atoms with Crippen LogP contribution in [0, 0.1) is 6.92 Å². The zero-order valence-corrected chi connectivity index (χ0v) is 17.5. The van der Waals surface area contributed by atoms with Crippen molar-refractivity contribution in [2.45, 2.75) is 32.0 Å². The minimum atomic E-state index is 0.0677. The number of rotatable bonds is 8. The third-order valence-electron chi connectivity index (χ3n) is 4.18. The van der Waals surface area contributed by atoms with E-state index in [9.17, 15) is 4.79 Å². The predicted molar refractivity (Wildman–Crippen MR) is 112 cm³/mol. The summed E-state index contributed by atoms with van der Waals surface area (Å²) < 4.78 is 1.61. The molecule has 3 aromatic rings. The standard InChI is InChI=1S/C20H22ClN5OS/c1-3-12-25(13-16-6-4-15(2)5-7-16)19(27)14-28-20-22-23-24-26(20)18-10-8-17(21)9-11-18/h4-11H,3,12-14H2,1-2H3. The van der Waals surface area contributed by atoms with Crippen molar-refractivity contribution >= 4 is 29.3 Å². The zero-order chi connectivity index (χ0) is 19.9. The molecule has 0 fully saturated rings. The highest BCUT2D eigenvalue weighted by Gasteiger charge is 2.16. The molecule has 0 atom stereocenters. The SMILES string of the molecule is CCCN(Cc1ccc(C)cc1)C(=O)CSc1nnnn1-c1ccc(Cl)cc1. The van der Waals surface area contributed by atoms with Gasteiger partial charge in [-0.1, -0.05) is 60.1 Å². The number of carbonyl (C=O) groups excluding carboxylic acids is 1. The lowest BCUT2D eigenvalue weighted by Gasteiger charge is -2.22. The van der Waals surface area contributed by atoms with E-state index in [0.717, 1.165) is 24.2 Å². The minimum absolute atomic E-state index is 0.0677. The Morgan fingerprint density at radius 2 is 1.86 bits per heavy atom. The average Bonchev–Trinajstić information content (AvgIpc) is 3.16. The maximum atomic E-state index is 12.8. The van der Waals surface area contributed by atoms with Crippen molar-refractivity contribution in [2.75, 3.05) is 12.3 Å². The van der Waals surface area contributed by atoms with E-state index in [1.807, 2.05) is 17.0 Å². The van der Waals surface area contributed by atoms with Gasteiger partial charge in [0.15, 0.2) is 0 Å². The topological polar surface area (TPSA) is 63.9 Å². The van der Waals surface area contributed by atoms with Crippen molar-refractivity contribution in [1.29, 1.82) is 0 Å². The number of halogens is 1. The molecule has 0 saturated carbocycles. The second kappa shape index (κ2) is 9.71. The Labute approximate surface area is 173 Å². The van der Waals surface area contributed by atoms with Crippen molar-refractivity contribution in [3.63, 3.8) is 0 Å². The number of carbonyl (C=O) groups is 1. The number of aryl methyl sites for hydroxylation is 1. The van der Waals surface area contributed by atoms with Gasteiger partial charge in [-0.2, -0.15) is 4.68 Å². The van der Waals surface area contributed by atoms with Gasteiger partial charge in [-0.05, 0) is 53.6 Å². The summed E-state index contributed by atoms with van der Waals surface area (Å²) in [5, 5.41) is 13.0. The molecule has 0 aliphatic rings. The van der Waals surface area contributed by atoms with E-state index < -0.39 is 0 Å². The third-order valence-corrected chi connectivity index (χ3v) is 5.33. The van der Waals surface area contributed by atoms with E-state index >= 15 is 0 Å². The van der Waals surface area contributed by atoms with Crippen molar-refractivity contribution in [3.8, 4) is 5.69 Å². The van der Waals surface area contributed by atoms with Gasteiger partial charge in [0.05, 0.1) is 11.4 Å². The molecule has 0 aliphatic heterocycles. The Balaban J connectivity index is 1.65. The number of nitrogens with zero attached hydrogens (tertiary/aromatic N) is 5. The van der Waals surface area contributed by atoms with Gasteiger partial charge in [-0.3, -0.25) is 4.79 Å². The maximum Gasteiger partial charge on any atom is 0.233 e. The molecule has 0 radical (unpaired) electrons. The molecule has 1 amide bonds. The first-order valence-corrected chi connectivity index (χ1v) is 10.4. The van der Waals surface area contributed by atoms with Gasteiger partial charge in [0.1, 0.15) is 0 Å². The first-order valence-electron chi connectivity index (χ1n) is 9.07. The molecule has 3 rings (SSSR count). The number of tetrazole rings is 1. The Kier molecular flexibility index (Phi) is 7.06. The number of aromatic nitrogens is 4. The van der Waals surface area contributed by atoms with Crippen LogP contribution in [0.2, 0.25) is 5.02 Å². The number of benzene rings is 2. The van der Waals surface area contributed by atoms with Crippen LogP contribution in [-0.4, -0.2) is 43.3 Å². The Bertz CT molecular complexity index is 911. The van der Waals surface area contributed by atoms with Gasteiger partial charge in [0.25, 0.3) is 0 Å². The van der Waals surface area contributed by atoms with Crippen LogP contribution in [-0.2, 0) is 11.3 Å². The molecule has 146 valence electrons. The summed E-state index contributed by atoms with van der Waals surface area (Å²) in [4.78, 5) is 14.7. The lowest BCUT2D eigenvalue weighted by atomic mass is 10.1. The number of hydrogen-bond donors (Lipinski definition) is 0. The van der Waals surface area contributed by atoms with Gasteiger partial charge in [-0.25, -0.2) is 0 Å². The fourth-order valence-corrected chi connectivity index (χ4v) is 3.63. The van der Waals surface area contributed by atoms with E-state index in [0.29, 0.717) is 16.7 Å². The second-order valence-corrected chi connectivity index (χ2v) is 7.82. The maximum absolute atomic E-state index is 12.8. The smallest absolute Gasteiger partial charge is 0.233 e. The summed E-state index contributed by atoms with van der Waals surface area (Å²) in [7, 11) is 0. The molecule has 0 bridgehead atoms. The highest BCUT2D eigenvalue weighted by Crippen LogP contribution is 2.20. The Morgan fingerprint density at radius 3 is 2.54 bits per heavy atom. The molecule has 2 aromatic carbocycles. The van der Waals surface area contributed by atoms with E-state index in [1.54, 1.807) is 16.8 Å². The van der Waals surface area contributed by atoms with E-state index in [4.69, 9.17) is 11.6 Å². The van der Waals surface area contributed by atoms with Gasteiger partial charge in [0.2, 0.25) is 11.1 Å². The monoisotopic (exact) mass is 415 g/mol. The van der Waals surface area contributed by atoms with Crippen LogP contribution in [0.25, 0.3) is 5.69 Å². The fourth-order valence-electron chi connectivity index (χ4n) is 2.71. The minimum Gasteiger partial charge on any atom is -0.338 e. The van der Waals surface area contributed by atoms with Crippen LogP contribution < -0.4 is 0 Å². The van der Waals surface area contributed by atoms with E-state index in [-0.39, 0.29) is 11.7 Å². The van der Waals surface area contributed by atoms with Gasteiger partial charge >= 0.3 is 0 Å². The van der Waals surface area contributed by atoms with Crippen molar-refractivity contribution < 1.29 is 4.79 Å². The summed E-state index contributed by atoms with van der Waals surface area (Å²) >= 11 is 7.27. The molecule has 0 spiro atoms. The van der Waals surface area contributed by atoms with Gasteiger partial charge in [-0.15, -0.1) is 5.10 Å². The molecule has 8 heteroatoms. The number of amides is 1. The van der Waals surface area contributed by atoms with Crippen molar-refractivity contribution in [2.24, 2.45) is 0 Å². The molecule has 1 aromatic heterocycles. The lowest BCUT2D eigenvalue weighted by Crippen LogP contribution is -2.32. The summed E-state index contributed by atoms with van der Waals surface area (Å²) in [5.41, 5.74) is 3.14. The van der Waals surface area contributed by atoms with Crippen LogP contribution in [0.5, 0.6) is 0 Å². The highest BCUT2D eigenvalue weighted by atomic mass is 35.5. The van der Waals surface area contributed by atoms with Crippen LogP contribution >= 0.6 is 23.4 Å². The molecule has 0 aliphatic carbocycles. The van der Waals surface area contributed by atoms with Crippen molar-refractivity contribution in [3.05, 3.63) is 64.7 Å². The summed E-state index contributed by atoms with van der Waals surface area (Å²) in [6, 6.07) is 15.5. The molecule has 0 N–H and O–H groups in total. The summed E-state index contributed by atoms with van der Waals surface area (Å²) in [5.74, 6) is 0.345. The van der Waals surface area contributed by atoms with Crippen LogP contribution in [0.1, 0.15) is 24.5 Å². The molecule has 6 nitrogen and oxygen atoms in total. The second-order valence-electron chi connectivity index (χ2n) is 6.44. The largest absolute Gasteiger partial charge is 0.338 e. The lowest BCUT2D eigenvalue weighted by molar-refractivity contribution is -0.129. The molecule has 0 unspecified atom stereocenters. The van der Waals surface area contributed by atoms with Crippen LogP contribution in [0.4, 0.5) is 0 Å². The fraction of sp³-hybridized carbons (Fsp3) is 0.300.